The third kappa shape index (κ3) is 4.06. The van der Waals surface area contributed by atoms with Crippen LogP contribution in [0.3, 0.4) is 0 Å². The molecule has 18 heavy (non-hydrogen) atoms. The van der Waals surface area contributed by atoms with Crippen LogP contribution in [0.4, 0.5) is 0 Å². The summed E-state index contributed by atoms with van der Waals surface area (Å²) in [4.78, 5) is 0.280. The Balaban J connectivity index is 2.83. The van der Waals surface area contributed by atoms with Gasteiger partial charge in [0, 0.05) is 19.7 Å². The number of rotatable bonds is 7. The highest BCUT2D eigenvalue weighted by molar-refractivity contribution is 7.89. The van der Waals surface area contributed by atoms with Crippen molar-refractivity contribution in [3.05, 3.63) is 29.3 Å². The number of ether oxygens (including phenoxy) is 1. The van der Waals surface area contributed by atoms with Crippen molar-refractivity contribution in [1.29, 1.82) is 0 Å². The molecule has 5 nitrogen and oxygen atoms in total. The highest BCUT2D eigenvalue weighted by Crippen LogP contribution is 2.16. The summed E-state index contributed by atoms with van der Waals surface area (Å²) < 4.78 is 31.8. The molecular formula is C12H20N2O3S. The van der Waals surface area contributed by atoms with Crippen LogP contribution >= 0.6 is 0 Å². The zero-order valence-corrected chi connectivity index (χ0v) is 11.6. The van der Waals surface area contributed by atoms with Crippen molar-refractivity contribution in [3.63, 3.8) is 0 Å². The summed E-state index contributed by atoms with van der Waals surface area (Å²) in [5.41, 5.74) is 7.02. The lowest BCUT2D eigenvalue weighted by atomic mass is 10.1. The van der Waals surface area contributed by atoms with Gasteiger partial charge in [-0.05, 0) is 31.0 Å². The average molecular weight is 272 g/mol. The number of hydrogen-bond donors (Lipinski definition) is 2. The van der Waals surface area contributed by atoms with Crippen LogP contribution < -0.4 is 10.5 Å². The molecule has 0 radical (unpaired) electrons. The minimum Gasteiger partial charge on any atom is -0.380 e. The number of benzene rings is 1. The van der Waals surface area contributed by atoms with Crippen molar-refractivity contribution < 1.29 is 13.2 Å². The maximum absolute atomic E-state index is 12.1. The quantitative estimate of drug-likeness (QED) is 0.718. The summed E-state index contributed by atoms with van der Waals surface area (Å²) in [5.74, 6) is 0. The second-order valence-corrected chi connectivity index (χ2v) is 5.63. The standard InChI is InChI=1S/C12H20N2O3S/c1-3-17-7-6-14-18(15,16)12-8-11(9-13)5-4-10(12)2/h4-5,8,14H,3,6-7,9,13H2,1-2H3. The lowest BCUT2D eigenvalue weighted by Crippen LogP contribution is -2.28. The summed E-state index contributed by atoms with van der Waals surface area (Å²) in [6.45, 7) is 5.15. The van der Waals surface area contributed by atoms with E-state index in [4.69, 9.17) is 10.5 Å². The Morgan fingerprint density at radius 2 is 2.11 bits per heavy atom. The molecule has 0 aliphatic carbocycles. The Labute approximate surface area is 108 Å². The predicted molar refractivity (Wildman–Crippen MR) is 70.8 cm³/mol. The van der Waals surface area contributed by atoms with Gasteiger partial charge < -0.3 is 10.5 Å². The van der Waals surface area contributed by atoms with Gasteiger partial charge in [-0.2, -0.15) is 0 Å². The summed E-state index contributed by atoms with van der Waals surface area (Å²) in [5, 5.41) is 0. The van der Waals surface area contributed by atoms with E-state index in [0.29, 0.717) is 25.3 Å². The molecule has 0 atom stereocenters. The molecule has 0 aliphatic heterocycles. The summed E-state index contributed by atoms with van der Waals surface area (Å²) in [7, 11) is -3.49. The van der Waals surface area contributed by atoms with Crippen molar-refractivity contribution >= 4 is 10.0 Å². The van der Waals surface area contributed by atoms with Crippen molar-refractivity contribution in [1.82, 2.24) is 4.72 Å². The van der Waals surface area contributed by atoms with Crippen LogP contribution in [0.25, 0.3) is 0 Å². The Hall–Kier alpha value is -0.950. The van der Waals surface area contributed by atoms with E-state index in [2.05, 4.69) is 4.72 Å². The van der Waals surface area contributed by atoms with Crippen LogP contribution in [0.5, 0.6) is 0 Å². The van der Waals surface area contributed by atoms with Crippen LogP contribution in [0.2, 0.25) is 0 Å². The molecule has 1 aromatic carbocycles. The fourth-order valence-corrected chi connectivity index (χ4v) is 2.84. The molecule has 0 amide bonds. The van der Waals surface area contributed by atoms with Gasteiger partial charge >= 0.3 is 0 Å². The number of nitrogens with two attached hydrogens (primary N) is 1. The molecule has 0 aromatic heterocycles. The van der Waals surface area contributed by atoms with E-state index in [-0.39, 0.29) is 11.4 Å². The largest absolute Gasteiger partial charge is 0.380 e. The summed E-state index contributed by atoms with van der Waals surface area (Å²) >= 11 is 0. The lowest BCUT2D eigenvalue weighted by Gasteiger charge is -2.10. The number of aryl methyl sites for hydroxylation is 1. The lowest BCUT2D eigenvalue weighted by molar-refractivity contribution is 0.153. The Kier molecular flexibility index (Phi) is 5.74. The third-order valence-corrected chi connectivity index (χ3v) is 4.12. The Morgan fingerprint density at radius 3 is 2.72 bits per heavy atom. The Bertz CT molecular complexity index is 486. The molecular weight excluding hydrogens is 252 g/mol. The molecule has 1 rings (SSSR count). The molecule has 6 heteroatoms. The SMILES string of the molecule is CCOCCNS(=O)(=O)c1cc(CN)ccc1C. The van der Waals surface area contributed by atoms with Gasteiger partial charge in [0.15, 0.2) is 0 Å². The maximum atomic E-state index is 12.1. The molecule has 0 bridgehead atoms. The average Bonchev–Trinajstić information content (AvgIpc) is 2.35. The van der Waals surface area contributed by atoms with E-state index in [0.717, 1.165) is 5.56 Å². The second-order valence-electron chi connectivity index (χ2n) is 3.90. The van der Waals surface area contributed by atoms with Crippen molar-refractivity contribution in [2.75, 3.05) is 19.8 Å². The second kappa shape index (κ2) is 6.84. The fourth-order valence-electron chi connectivity index (χ4n) is 1.53. The number of sulfonamides is 1. The van der Waals surface area contributed by atoms with E-state index < -0.39 is 10.0 Å². The monoisotopic (exact) mass is 272 g/mol. The molecule has 0 fully saturated rings. The van der Waals surface area contributed by atoms with Crippen molar-refractivity contribution in [2.45, 2.75) is 25.3 Å². The van der Waals surface area contributed by atoms with Crippen molar-refractivity contribution in [2.24, 2.45) is 5.73 Å². The minimum atomic E-state index is -3.49. The van der Waals surface area contributed by atoms with Crippen LogP contribution in [-0.2, 0) is 21.3 Å². The van der Waals surface area contributed by atoms with Crippen LogP contribution in [-0.4, -0.2) is 28.2 Å². The first-order valence-electron chi connectivity index (χ1n) is 5.88. The smallest absolute Gasteiger partial charge is 0.240 e. The number of hydrogen-bond acceptors (Lipinski definition) is 4. The molecule has 0 spiro atoms. The van der Waals surface area contributed by atoms with Gasteiger partial charge in [-0.3, -0.25) is 0 Å². The van der Waals surface area contributed by atoms with Gasteiger partial charge in [0.05, 0.1) is 11.5 Å². The van der Waals surface area contributed by atoms with E-state index in [9.17, 15) is 8.42 Å². The van der Waals surface area contributed by atoms with E-state index >= 15 is 0 Å². The normalized spacial score (nSPS) is 11.7. The Morgan fingerprint density at radius 1 is 1.39 bits per heavy atom. The highest BCUT2D eigenvalue weighted by Gasteiger charge is 2.16. The van der Waals surface area contributed by atoms with Crippen LogP contribution in [0.1, 0.15) is 18.1 Å². The molecule has 0 saturated carbocycles. The molecule has 0 heterocycles. The van der Waals surface area contributed by atoms with E-state index in [1.807, 2.05) is 13.0 Å². The van der Waals surface area contributed by atoms with Crippen molar-refractivity contribution in [3.8, 4) is 0 Å². The summed E-state index contributed by atoms with van der Waals surface area (Å²) in [6, 6.07) is 5.20. The minimum absolute atomic E-state index is 0.266. The number of nitrogens with one attached hydrogen (secondary N) is 1. The molecule has 0 saturated heterocycles. The topological polar surface area (TPSA) is 81.4 Å². The zero-order chi connectivity index (χ0) is 13.6. The van der Waals surface area contributed by atoms with Crippen LogP contribution in [0.15, 0.2) is 23.1 Å². The van der Waals surface area contributed by atoms with Gasteiger partial charge in [-0.15, -0.1) is 0 Å². The first kappa shape index (κ1) is 15.1. The molecule has 1 aromatic rings. The summed E-state index contributed by atoms with van der Waals surface area (Å²) in [6.07, 6.45) is 0. The van der Waals surface area contributed by atoms with E-state index in [1.165, 1.54) is 0 Å². The molecule has 0 unspecified atom stereocenters. The van der Waals surface area contributed by atoms with Crippen LogP contribution in [0, 0.1) is 6.92 Å². The van der Waals surface area contributed by atoms with Gasteiger partial charge in [0.25, 0.3) is 0 Å². The molecule has 3 N–H and O–H groups in total. The highest BCUT2D eigenvalue weighted by atomic mass is 32.2. The third-order valence-electron chi connectivity index (χ3n) is 2.52. The van der Waals surface area contributed by atoms with Gasteiger partial charge in [0.2, 0.25) is 10.0 Å². The van der Waals surface area contributed by atoms with Gasteiger partial charge in [-0.25, -0.2) is 13.1 Å². The molecule has 0 aliphatic rings. The van der Waals surface area contributed by atoms with E-state index in [1.54, 1.807) is 19.1 Å². The zero-order valence-electron chi connectivity index (χ0n) is 10.8. The first-order valence-corrected chi connectivity index (χ1v) is 7.36. The first-order chi connectivity index (χ1) is 8.51. The molecule has 102 valence electrons. The maximum Gasteiger partial charge on any atom is 0.240 e. The van der Waals surface area contributed by atoms with Gasteiger partial charge in [-0.1, -0.05) is 12.1 Å². The fraction of sp³-hybridized carbons (Fsp3) is 0.500. The van der Waals surface area contributed by atoms with Gasteiger partial charge in [0.1, 0.15) is 0 Å². The predicted octanol–water partition coefficient (Wildman–Crippen LogP) is 0.769.